The van der Waals surface area contributed by atoms with E-state index in [1.807, 2.05) is 55.5 Å². The van der Waals surface area contributed by atoms with Gasteiger partial charge in [0, 0.05) is 9.26 Å². The van der Waals surface area contributed by atoms with E-state index in [1.165, 1.54) is 0 Å². The normalized spacial score (nSPS) is 18.9. The molecule has 0 radical (unpaired) electrons. The number of nitrogens with zero attached hydrogens (tertiary/aromatic N) is 1. The van der Waals surface area contributed by atoms with Crippen molar-refractivity contribution in [3.63, 3.8) is 0 Å². The molecule has 0 aliphatic carbocycles. The standard InChI is InChI=1S/C21H22IN3O3/c1-2-3-12-21(15-8-5-4-6-9-15)19(27)25(20(28)24-21)14-18(26)23-17-11-7-10-16(22)13-17/h4-11,13H,2-3,12,14H2,1H3,(H,23,26)(H,24,28). The van der Waals surface area contributed by atoms with Crippen molar-refractivity contribution in [3.05, 3.63) is 63.7 Å². The summed E-state index contributed by atoms with van der Waals surface area (Å²) < 4.78 is 0.980. The van der Waals surface area contributed by atoms with Gasteiger partial charge < -0.3 is 10.6 Å². The van der Waals surface area contributed by atoms with E-state index >= 15 is 0 Å². The van der Waals surface area contributed by atoms with E-state index in [9.17, 15) is 14.4 Å². The Hall–Kier alpha value is -2.42. The van der Waals surface area contributed by atoms with E-state index in [1.54, 1.807) is 6.07 Å². The van der Waals surface area contributed by atoms with Crippen LogP contribution in [0.25, 0.3) is 0 Å². The number of anilines is 1. The summed E-state index contributed by atoms with van der Waals surface area (Å²) >= 11 is 2.15. The highest BCUT2D eigenvalue weighted by Gasteiger charge is 2.52. The summed E-state index contributed by atoms with van der Waals surface area (Å²) in [5.74, 6) is -0.792. The molecule has 1 fully saturated rings. The Morgan fingerprint density at radius 3 is 2.57 bits per heavy atom. The van der Waals surface area contributed by atoms with E-state index in [0.29, 0.717) is 12.1 Å². The van der Waals surface area contributed by atoms with Crippen LogP contribution >= 0.6 is 22.6 Å². The molecule has 1 heterocycles. The Labute approximate surface area is 177 Å². The third-order valence-electron chi connectivity index (χ3n) is 4.76. The van der Waals surface area contributed by atoms with Gasteiger partial charge in [0.2, 0.25) is 5.91 Å². The summed E-state index contributed by atoms with van der Waals surface area (Å²) in [4.78, 5) is 39.3. The van der Waals surface area contributed by atoms with Gasteiger partial charge in [0.1, 0.15) is 12.1 Å². The van der Waals surface area contributed by atoms with Crippen molar-refractivity contribution in [2.24, 2.45) is 0 Å². The molecule has 146 valence electrons. The Morgan fingerprint density at radius 2 is 1.89 bits per heavy atom. The Bertz CT molecular complexity index is 887. The maximum Gasteiger partial charge on any atom is 0.325 e. The smallest absolute Gasteiger partial charge is 0.324 e. The summed E-state index contributed by atoms with van der Waals surface area (Å²) in [6.45, 7) is 1.71. The largest absolute Gasteiger partial charge is 0.325 e. The molecular formula is C21H22IN3O3. The number of imide groups is 1. The van der Waals surface area contributed by atoms with Crippen LogP contribution in [-0.4, -0.2) is 29.3 Å². The average Bonchev–Trinajstić information content (AvgIpc) is 2.92. The maximum atomic E-state index is 13.2. The number of carbonyl (C=O) groups excluding carboxylic acids is 3. The SMILES string of the molecule is CCCCC1(c2ccccc2)NC(=O)N(CC(=O)Nc2cccc(I)c2)C1=O. The van der Waals surface area contributed by atoms with Gasteiger partial charge in [-0.3, -0.25) is 14.5 Å². The summed E-state index contributed by atoms with van der Waals surface area (Å²) in [6, 6.07) is 16.0. The van der Waals surface area contributed by atoms with Crippen LogP contribution in [0.4, 0.5) is 10.5 Å². The first-order chi connectivity index (χ1) is 13.5. The van der Waals surface area contributed by atoms with Crippen molar-refractivity contribution in [2.45, 2.75) is 31.7 Å². The highest BCUT2D eigenvalue weighted by molar-refractivity contribution is 14.1. The van der Waals surface area contributed by atoms with Gasteiger partial charge in [-0.05, 0) is 52.8 Å². The summed E-state index contributed by atoms with van der Waals surface area (Å²) in [5.41, 5.74) is 0.253. The fourth-order valence-electron chi connectivity index (χ4n) is 3.35. The zero-order chi connectivity index (χ0) is 20.1. The fourth-order valence-corrected chi connectivity index (χ4v) is 3.90. The van der Waals surface area contributed by atoms with Gasteiger partial charge in [0.15, 0.2) is 0 Å². The summed E-state index contributed by atoms with van der Waals surface area (Å²) in [5, 5.41) is 5.60. The molecule has 2 N–H and O–H groups in total. The molecule has 6 nitrogen and oxygen atoms in total. The van der Waals surface area contributed by atoms with Gasteiger partial charge in [0.25, 0.3) is 5.91 Å². The molecule has 1 saturated heterocycles. The second-order valence-corrected chi connectivity index (χ2v) is 8.00. The van der Waals surface area contributed by atoms with Crippen LogP contribution in [0.3, 0.4) is 0 Å². The molecule has 3 rings (SSSR count). The van der Waals surface area contributed by atoms with Crippen LogP contribution in [0.15, 0.2) is 54.6 Å². The maximum absolute atomic E-state index is 13.2. The second kappa shape index (κ2) is 8.72. The van der Waals surface area contributed by atoms with Crippen molar-refractivity contribution in [1.29, 1.82) is 0 Å². The van der Waals surface area contributed by atoms with Crippen LogP contribution < -0.4 is 10.6 Å². The number of benzene rings is 2. The van der Waals surface area contributed by atoms with Gasteiger partial charge in [-0.25, -0.2) is 4.79 Å². The first kappa shape index (κ1) is 20.3. The van der Waals surface area contributed by atoms with Crippen LogP contribution in [0, 0.1) is 3.57 Å². The number of urea groups is 1. The van der Waals surface area contributed by atoms with Crippen LogP contribution in [0.5, 0.6) is 0 Å². The highest BCUT2D eigenvalue weighted by Crippen LogP contribution is 2.34. The van der Waals surface area contributed by atoms with Gasteiger partial charge in [-0.1, -0.05) is 56.2 Å². The quantitative estimate of drug-likeness (QED) is 0.456. The van der Waals surface area contributed by atoms with Gasteiger partial charge >= 0.3 is 6.03 Å². The first-order valence-electron chi connectivity index (χ1n) is 9.21. The zero-order valence-corrected chi connectivity index (χ0v) is 17.7. The molecule has 2 aromatic rings. The molecular weight excluding hydrogens is 469 g/mol. The Morgan fingerprint density at radius 1 is 1.14 bits per heavy atom. The fraction of sp³-hybridized carbons (Fsp3) is 0.286. The monoisotopic (exact) mass is 491 g/mol. The zero-order valence-electron chi connectivity index (χ0n) is 15.6. The van der Waals surface area contributed by atoms with Gasteiger partial charge in [0.05, 0.1) is 0 Å². The molecule has 2 aromatic carbocycles. The Kier molecular flexibility index (Phi) is 6.33. The molecule has 0 saturated carbocycles. The van der Waals surface area contributed by atoms with Crippen LogP contribution in [0.2, 0.25) is 0 Å². The van der Waals surface area contributed by atoms with Gasteiger partial charge in [-0.2, -0.15) is 0 Å². The summed E-state index contributed by atoms with van der Waals surface area (Å²) in [6.07, 6.45) is 2.17. The van der Waals surface area contributed by atoms with Gasteiger partial charge in [-0.15, -0.1) is 0 Å². The molecule has 4 amide bonds. The summed E-state index contributed by atoms with van der Waals surface area (Å²) in [7, 11) is 0. The van der Waals surface area contributed by atoms with E-state index < -0.39 is 17.5 Å². The molecule has 28 heavy (non-hydrogen) atoms. The minimum atomic E-state index is -1.11. The number of amides is 4. The number of hydrogen-bond donors (Lipinski definition) is 2. The number of carbonyl (C=O) groups is 3. The minimum Gasteiger partial charge on any atom is -0.324 e. The molecule has 7 heteroatoms. The molecule has 0 aromatic heterocycles. The number of halogens is 1. The molecule has 0 bridgehead atoms. The number of rotatable bonds is 7. The third-order valence-corrected chi connectivity index (χ3v) is 5.43. The van der Waals surface area contributed by atoms with Crippen molar-refractivity contribution in [1.82, 2.24) is 10.2 Å². The first-order valence-corrected chi connectivity index (χ1v) is 10.3. The lowest BCUT2D eigenvalue weighted by atomic mass is 9.85. The lowest BCUT2D eigenvalue weighted by Crippen LogP contribution is -2.44. The minimum absolute atomic E-state index is 0.323. The van der Waals surface area contributed by atoms with Crippen molar-refractivity contribution in [2.75, 3.05) is 11.9 Å². The average molecular weight is 491 g/mol. The molecule has 1 aliphatic rings. The van der Waals surface area contributed by atoms with E-state index in [-0.39, 0.29) is 12.5 Å². The van der Waals surface area contributed by atoms with E-state index in [4.69, 9.17) is 0 Å². The topological polar surface area (TPSA) is 78.5 Å². The third kappa shape index (κ3) is 4.19. The number of unbranched alkanes of at least 4 members (excludes halogenated alkanes) is 1. The number of nitrogens with one attached hydrogen (secondary N) is 2. The lowest BCUT2D eigenvalue weighted by Gasteiger charge is -2.27. The number of hydrogen-bond acceptors (Lipinski definition) is 3. The molecule has 1 atom stereocenters. The van der Waals surface area contributed by atoms with Crippen LogP contribution in [-0.2, 0) is 15.1 Å². The predicted octanol–water partition coefficient (Wildman–Crippen LogP) is 3.87. The Balaban J connectivity index is 1.80. The van der Waals surface area contributed by atoms with E-state index in [2.05, 4.69) is 33.2 Å². The highest BCUT2D eigenvalue weighted by atomic mass is 127. The van der Waals surface area contributed by atoms with Crippen molar-refractivity contribution >= 4 is 46.1 Å². The molecule has 1 unspecified atom stereocenters. The lowest BCUT2D eigenvalue weighted by molar-refractivity contribution is -0.134. The van der Waals surface area contributed by atoms with Crippen LogP contribution in [0.1, 0.15) is 31.7 Å². The predicted molar refractivity (Wildman–Crippen MR) is 116 cm³/mol. The van der Waals surface area contributed by atoms with Crippen molar-refractivity contribution in [3.8, 4) is 0 Å². The second-order valence-electron chi connectivity index (χ2n) is 6.75. The molecule has 0 spiro atoms. The van der Waals surface area contributed by atoms with E-state index in [0.717, 1.165) is 26.9 Å². The van der Waals surface area contributed by atoms with Crippen molar-refractivity contribution < 1.29 is 14.4 Å². The molecule has 1 aliphatic heterocycles.